The number of rotatable bonds is 4. The number of ether oxygens (including phenoxy) is 1. The Morgan fingerprint density at radius 1 is 1.06 bits per heavy atom. The number of halogens is 2. The van der Waals surface area contributed by atoms with Gasteiger partial charge >= 0.3 is 0 Å². The summed E-state index contributed by atoms with van der Waals surface area (Å²) in [5, 5.41) is 11.3. The number of pyridine rings is 1. The van der Waals surface area contributed by atoms with Crippen LogP contribution >= 0.6 is 0 Å². The van der Waals surface area contributed by atoms with Crippen molar-refractivity contribution in [2.24, 2.45) is 0 Å². The molecule has 2 heterocycles. The van der Waals surface area contributed by atoms with Gasteiger partial charge in [-0.1, -0.05) is 26.8 Å². The third kappa shape index (κ3) is 4.27. The molecule has 0 aliphatic carbocycles. The molecule has 3 aromatic rings. The van der Waals surface area contributed by atoms with Crippen LogP contribution in [-0.2, 0) is 15.0 Å². The lowest BCUT2D eigenvalue weighted by Crippen LogP contribution is -2.30. The first-order valence-electron chi connectivity index (χ1n) is 10.9. The van der Waals surface area contributed by atoms with E-state index in [1.54, 1.807) is 36.4 Å². The van der Waals surface area contributed by atoms with Gasteiger partial charge in [0, 0.05) is 23.4 Å². The zero-order valence-electron chi connectivity index (χ0n) is 19.7. The number of hydrogen-bond donors (Lipinski definition) is 1. The number of Topliss-reactive ketones (excluding diaryl/α,β-unsaturated/α-hetero) is 1. The molecule has 4 rings (SSSR count). The van der Waals surface area contributed by atoms with Crippen molar-refractivity contribution in [1.29, 1.82) is 0 Å². The zero-order chi connectivity index (χ0) is 25.5. The van der Waals surface area contributed by atoms with E-state index in [4.69, 9.17) is 4.74 Å². The Labute approximate surface area is 201 Å². The van der Waals surface area contributed by atoms with Crippen LogP contribution in [0.4, 0.5) is 14.5 Å². The topological polar surface area (TPSA) is 79.7 Å². The maximum absolute atomic E-state index is 14.8. The highest BCUT2D eigenvalue weighted by atomic mass is 19.1. The molecular weight excluding hydrogens is 454 g/mol. The fourth-order valence-corrected chi connectivity index (χ4v) is 4.17. The van der Waals surface area contributed by atoms with Gasteiger partial charge in [0.1, 0.15) is 29.2 Å². The summed E-state index contributed by atoms with van der Waals surface area (Å²) < 4.78 is 33.8. The second-order valence-corrected chi connectivity index (χ2v) is 9.18. The van der Waals surface area contributed by atoms with E-state index >= 15 is 0 Å². The second kappa shape index (κ2) is 8.94. The number of hydrogen-bond acceptors (Lipinski definition) is 5. The number of nitrogens with zero attached hydrogens (tertiary/aromatic N) is 2. The smallest absolute Gasteiger partial charge is 0.300 e. The van der Waals surface area contributed by atoms with E-state index in [0.29, 0.717) is 11.8 Å². The van der Waals surface area contributed by atoms with Crippen molar-refractivity contribution in [2.45, 2.75) is 32.2 Å². The number of ketones is 1. The van der Waals surface area contributed by atoms with E-state index in [1.165, 1.54) is 13.3 Å². The maximum Gasteiger partial charge on any atom is 0.300 e. The molecule has 8 heteroatoms. The van der Waals surface area contributed by atoms with Gasteiger partial charge in [-0.15, -0.1) is 0 Å². The van der Waals surface area contributed by atoms with E-state index < -0.39 is 35.1 Å². The summed E-state index contributed by atoms with van der Waals surface area (Å²) in [6.45, 7) is 5.91. The Morgan fingerprint density at radius 3 is 2.40 bits per heavy atom. The molecule has 0 radical (unpaired) electrons. The van der Waals surface area contributed by atoms with E-state index in [-0.39, 0.29) is 27.9 Å². The number of methoxy groups -OCH3 is 1. The fraction of sp³-hybridized carbons (Fsp3) is 0.222. The van der Waals surface area contributed by atoms with Gasteiger partial charge in [0.25, 0.3) is 11.7 Å². The molecule has 1 aromatic heterocycles. The molecule has 0 spiro atoms. The molecular formula is C27H24F2N2O4. The minimum atomic E-state index is -1.23. The Bertz CT molecular complexity index is 1350. The summed E-state index contributed by atoms with van der Waals surface area (Å²) in [4.78, 5) is 31.5. The Morgan fingerprint density at radius 2 is 1.80 bits per heavy atom. The molecule has 1 saturated heterocycles. The number of carbonyl (C=O) groups excluding carboxylic acids is 2. The molecule has 1 aliphatic heterocycles. The summed E-state index contributed by atoms with van der Waals surface area (Å²) in [7, 11) is 1.54. The third-order valence-electron chi connectivity index (χ3n) is 5.86. The number of aromatic nitrogens is 1. The minimum absolute atomic E-state index is 0.238. The van der Waals surface area contributed by atoms with Crippen LogP contribution in [0, 0.1) is 11.6 Å². The molecule has 180 valence electrons. The van der Waals surface area contributed by atoms with Gasteiger partial charge < -0.3 is 9.84 Å². The molecule has 1 amide bonds. The van der Waals surface area contributed by atoms with E-state index in [9.17, 15) is 23.5 Å². The first kappa shape index (κ1) is 24.1. The Balaban J connectivity index is 1.97. The number of amides is 1. The van der Waals surface area contributed by atoms with Gasteiger partial charge in [-0.3, -0.25) is 19.5 Å². The van der Waals surface area contributed by atoms with Crippen LogP contribution < -0.4 is 9.64 Å². The standard InChI is InChI=1S/C27H24F2N2O4/c1-27(2,3)17-13-15(8-11-21(17)35-4)24(32)22-23(19-7-5-6-12-30-19)31(26(34)25(22)33)20-10-9-16(28)14-18(20)29/h5-14,23,32H,1-4H3/b24-22-. The molecule has 6 nitrogen and oxygen atoms in total. The molecule has 1 aliphatic rings. The zero-order valence-corrected chi connectivity index (χ0v) is 19.7. The fourth-order valence-electron chi connectivity index (χ4n) is 4.17. The number of anilines is 1. The molecule has 1 N–H and O–H groups in total. The first-order valence-corrected chi connectivity index (χ1v) is 10.9. The predicted octanol–water partition coefficient (Wildman–Crippen LogP) is 5.29. The normalized spacial score (nSPS) is 17.7. The molecule has 0 saturated carbocycles. The van der Waals surface area contributed by atoms with Gasteiger partial charge in [-0.25, -0.2) is 8.78 Å². The summed E-state index contributed by atoms with van der Waals surface area (Å²) in [5.41, 5.74) is 0.398. The monoisotopic (exact) mass is 478 g/mol. The van der Waals surface area contributed by atoms with Crippen LogP contribution in [0.3, 0.4) is 0 Å². The summed E-state index contributed by atoms with van der Waals surface area (Å²) in [5.74, 6) is -3.74. The van der Waals surface area contributed by atoms with Crippen molar-refractivity contribution in [3.05, 3.63) is 94.8 Å². The molecule has 1 fully saturated rings. The quantitative estimate of drug-likeness (QED) is 0.313. The second-order valence-electron chi connectivity index (χ2n) is 9.18. The van der Waals surface area contributed by atoms with Crippen LogP contribution in [0.25, 0.3) is 5.76 Å². The van der Waals surface area contributed by atoms with Gasteiger partial charge in [0.05, 0.1) is 24.1 Å². The molecule has 2 aromatic carbocycles. The van der Waals surface area contributed by atoms with E-state index in [2.05, 4.69) is 4.98 Å². The lowest BCUT2D eigenvalue weighted by Gasteiger charge is -2.25. The van der Waals surface area contributed by atoms with Crippen LogP contribution in [0.5, 0.6) is 5.75 Å². The largest absolute Gasteiger partial charge is 0.507 e. The molecule has 1 atom stereocenters. The lowest BCUT2D eigenvalue weighted by atomic mass is 9.84. The van der Waals surface area contributed by atoms with Crippen molar-refractivity contribution >= 4 is 23.1 Å². The van der Waals surface area contributed by atoms with Gasteiger partial charge in [-0.05, 0) is 47.9 Å². The van der Waals surface area contributed by atoms with Gasteiger partial charge in [-0.2, -0.15) is 0 Å². The number of carbonyl (C=O) groups is 2. The van der Waals surface area contributed by atoms with Crippen molar-refractivity contribution < 1.29 is 28.2 Å². The van der Waals surface area contributed by atoms with E-state index in [0.717, 1.165) is 22.6 Å². The van der Waals surface area contributed by atoms with Crippen molar-refractivity contribution in [3.63, 3.8) is 0 Å². The average molecular weight is 478 g/mol. The number of benzene rings is 2. The van der Waals surface area contributed by atoms with E-state index in [1.807, 2.05) is 20.8 Å². The molecule has 0 bridgehead atoms. The third-order valence-corrected chi connectivity index (χ3v) is 5.86. The number of aliphatic hydroxyl groups is 1. The minimum Gasteiger partial charge on any atom is -0.507 e. The maximum atomic E-state index is 14.8. The average Bonchev–Trinajstić information content (AvgIpc) is 3.08. The highest BCUT2D eigenvalue weighted by molar-refractivity contribution is 6.51. The van der Waals surface area contributed by atoms with Crippen molar-refractivity contribution in [3.8, 4) is 5.75 Å². The van der Waals surface area contributed by atoms with Crippen molar-refractivity contribution in [1.82, 2.24) is 4.98 Å². The van der Waals surface area contributed by atoms with Gasteiger partial charge in [0.15, 0.2) is 0 Å². The lowest BCUT2D eigenvalue weighted by molar-refractivity contribution is -0.132. The Hall–Kier alpha value is -4.07. The SMILES string of the molecule is COc1ccc(/C(O)=C2/C(=O)C(=O)N(c3ccc(F)cc3F)C2c2ccccn2)cc1C(C)(C)C. The van der Waals surface area contributed by atoms with Crippen molar-refractivity contribution in [2.75, 3.05) is 12.0 Å². The highest BCUT2D eigenvalue weighted by Crippen LogP contribution is 2.43. The van der Waals surface area contributed by atoms with Crippen LogP contribution in [0.15, 0.2) is 66.4 Å². The highest BCUT2D eigenvalue weighted by Gasteiger charge is 2.48. The molecule has 35 heavy (non-hydrogen) atoms. The molecule has 1 unspecified atom stereocenters. The summed E-state index contributed by atoms with van der Waals surface area (Å²) >= 11 is 0. The van der Waals surface area contributed by atoms with Gasteiger partial charge in [0.2, 0.25) is 0 Å². The van der Waals surface area contributed by atoms with Crippen LogP contribution in [0.1, 0.15) is 43.6 Å². The Kier molecular flexibility index (Phi) is 6.15. The summed E-state index contributed by atoms with van der Waals surface area (Å²) in [6.07, 6.45) is 1.46. The first-order chi connectivity index (χ1) is 16.5. The van der Waals surface area contributed by atoms with Crippen LogP contribution in [-0.4, -0.2) is 28.9 Å². The predicted molar refractivity (Wildman–Crippen MR) is 127 cm³/mol. The van der Waals surface area contributed by atoms with Crippen LogP contribution in [0.2, 0.25) is 0 Å². The number of aliphatic hydroxyl groups excluding tert-OH is 1. The summed E-state index contributed by atoms with van der Waals surface area (Å²) in [6, 6.07) is 11.3.